The molecule has 0 aliphatic rings. The van der Waals surface area contributed by atoms with Crippen LogP contribution in [0.3, 0.4) is 0 Å². The van der Waals surface area contributed by atoms with Crippen molar-refractivity contribution in [3.63, 3.8) is 0 Å². The average Bonchev–Trinajstić information content (AvgIpc) is 1.56. The monoisotopic (exact) mass is 159 g/mol. The van der Waals surface area contributed by atoms with Crippen LogP contribution in [0.25, 0.3) is 0 Å². The molecule has 0 fully saturated rings. The van der Waals surface area contributed by atoms with Crippen molar-refractivity contribution in [2.75, 3.05) is 7.11 Å². The molecule has 2 heteroatoms. The van der Waals surface area contributed by atoms with Gasteiger partial charge < -0.3 is 4.84 Å². The van der Waals surface area contributed by atoms with E-state index in [0.29, 0.717) is 0 Å². The van der Waals surface area contributed by atoms with Crippen molar-refractivity contribution in [3.05, 3.63) is 0 Å². The lowest BCUT2D eigenvalue weighted by atomic mass is 10.00. The zero-order chi connectivity index (χ0) is 9.28. The Hall–Kier alpha value is -0.0800. The Morgan fingerprint density at radius 2 is 1.09 bits per heavy atom. The van der Waals surface area contributed by atoms with Gasteiger partial charge in [-0.15, -0.1) is 0 Å². The molecule has 0 saturated carbocycles. The van der Waals surface area contributed by atoms with E-state index in [1.54, 1.807) is 7.11 Å². The van der Waals surface area contributed by atoms with Crippen LogP contribution in [-0.2, 0) is 4.84 Å². The summed E-state index contributed by atoms with van der Waals surface area (Å²) in [6.45, 7) is 12.8. The van der Waals surface area contributed by atoms with E-state index in [2.05, 4.69) is 41.5 Å². The summed E-state index contributed by atoms with van der Waals surface area (Å²) in [6.07, 6.45) is 0. The molecule has 11 heavy (non-hydrogen) atoms. The number of hydrogen-bond acceptors (Lipinski definition) is 2. The summed E-state index contributed by atoms with van der Waals surface area (Å²) in [5, 5.41) is 2.00. The first-order valence-corrected chi connectivity index (χ1v) is 4.04. The van der Waals surface area contributed by atoms with Crippen molar-refractivity contribution in [3.8, 4) is 0 Å². The molecule has 0 aromatic carbocycles. The maximum atomic E-state index is 5.31. The first-order valence-electron chi connectivity index (χ1n) is 4.04. The highest BCUT2D eigenvalue weighted by atomic mass is 16.7. The third-order valence-electron chi connectivity index (χ3n) is 1.40. The van der Waals surface area contributed by atoms with Gasteiger partial charge >= 0.3 is 0 Å². The maximum Gasteiger partial charge on any atom is 0.0575 e. The molecule has 0 radical (unpaired) electrons. The molecule has 0 aromatic rings. The van der Waals surface area contributed by atoms with Gasteiger partial charge in [-0.2, -0.15) is 5.06 Å². The third kappa shape index (κ3) is 3.21. The minimum absolute atomic E-state index is 0.0625. The van der Waals surface area contributed by atoms with Gasteiger partial charge in [0.25, 0.3) is 0 Å². The first-order chi connectivity index (χ1) is 4.69. The van der Waals surface area contributed by atoms with E-state index in [4.69, 9.17) is 4.84 Å². The van der Waals surface area contributed by atoms with Gasteiger partial charge in [-0.1, -0.05) is 0 Å². The van der Waals surface area contributed by atoms with E-state index >= 15 is 0 Å². The Bertz CT molecular complexity index is 105. The van der Waals surface area contributed by atoms with Crippen LogP contribution in [-0.4, -0.2) is 23.3 Å². The lowest BCUT2D eigenvalue weighted by molar-refractivity contribution is -0.237. The van der Waals surface area contributed by atoms with E-state index < -0.39 is 0 Å². The zero-order valence-corrected chi connectivity index (χ0v) is 8.86. The normalized spacial score (nSPS) is 14.2. The second-order valence-electron chi connectivity index (χ2n) is 4.82. The summed E-state index contributed by atoms with van der Waals surface area (Å²) in [5.74, 6) is 0. The van der Waals surface area contributed by atoms with Crippen molar-refractivity contribution in [1.82, 2.24) is 5.06 Å². The molecule has 0 unspecified atom stereocenters. The van der Waals surface area contributed by atoms with Crippen LogP contribution in [0, 0.1) is 0 Å². The van der Waals surface area contributed by atoms with Gasteiger partial charge in [-0.3, -0.25) is 0 Å². The zero-order valence-electron chi connectivity index (χ0n) is 8.86. The second kappa shape index (κ2) is 3.11. The van der Waals surface area contributed by atoms with Crippen LogP contribution in [0.5, 0.6) is 0 Å². The number of nitrogens with zero attached hydrogens (tertiary/aromatic N) is 1. The Kier molecular flexibility index (Phi) is 3.09. The summed E-state index contributed by atoms with van der Waals surface area (Å²) in [4.78, 5) is 5.31. The minimum atomic E-state index is 0.0625. The summed E-state index contributed by atoms with van der Waals surface area (Å²) in [6, 6.07) is 0. The van der Waals surface area contributed by atoms with Crippen LogP contribution in [0.15, 0.2) is 0 Å². The molecule has 0 heterocycles. The number of rotatable bonds is 1. The van der Waals surface area contributed by atoms with E-state index in [-0.39, 0.29) is 11.1 Å². The third-order valence-corrected chi connectivity index (χ3v) is 1.40. The van der Waals surface area contributed by atoms with Gasteiger partial charge in [0.05, 0.1) is 7.11 Å². The molecule has 0 N–H and O–H groups in total. The molecule has 0 aliphatic carbocycles. The summed E-state index contributed by atoms with van der Waals surface area (Å²) < 4.78 is 0. The van der Waals surface area contributed by atoms with E-state index in [9.17, 15) is 0 Å². The summed E-state index contributed by atoms with van der Waals surface area (Å²) in [7, 11) is 1.72. The van der Waals surface area contributed by atoms with Crippen molar-refractivity contribution < 1.29 is 4.84 Å². The van der Waals surface area contributed by atoms with Gasteiger partial charge in [0, 0.05) is 11.1 Å². The molecule has 0 spiro atoms. The molecule has 0 rings (SSSR count). The molecule has 0 bridgehead atoms. The predicted octanol–water partition coefficient (Wildman–Crippen LogP) is 2.45. The molecule has 2 nitrogen and oxygen atoms in total. The van der Waals surface area contributed by atoms with Crippen LogP contribution in [0.4, 0.5) is 0 Å². The summed E-state index contributed by atoms with van der Waals surface area (Å²) in [5.41, 5.74) is 0.125. The predicted molar refractivity (Wildman–Crippen MR) is 48.4 cm³/mol. The summed E-state index contributed by atoms with van der Waals surface area (Å²) >= 11 is 0. The molecule has 0 saturated heterocycles. The van der Waals surface area contributed by atoms with Crippen molar-refractivity contribution >= 4 is 0 Å². The largest absolute Gasteiger partial charge is 0.301 e. The van der Waals surface area contributed by atoms with E-state index in [1.165, 1.54) is 0 Å². The molecular formula is C9H21NO. The van der Waals surface area contributed by atoms with Crippen molar-refractivity contribution in [2.24, 2.45) is 0 Å². The topological polar surface area (TPSA) is 12.5 Å². The molecule has 0 amide bonds. The Morgan fingerprint density at radius 1 is 0.818 bits per heavy atom. The Morgan fingerprint density at radius 3 is 1.09 bits per heavy atom. The van der Waals surface area contributed by atoms with Gasteiger partial charge in [0.15, 0.2) is 0 Å². The molecule has 0 atom stereocenters. The van der Waals surface area contributed by atoms with Gasteiger partial charge in [-0.05, 0) is 41.5 Å². The number of hydrogen-bond donors (Lipinski definition) is 0. The van der Waals surface area contributed by atoms with Crippen LogP contribution < -0.4 is 0 Å². The highest BCUT2D eigenvalue weighted by molar-refractivity contribution is 4.80. The van der Waals surface area contributed by atoms with Gasteiger partial charge in [0.1, 0.15) is 0 Å². The number of hydroxylamine groups is 2. The standard InChI is InChI=1S/C9H21NO/c1-8(2,3)10(11-7)9(4,5)6/h1-7H3. The quantitative estimate of drug-likeness (QED) is 0.545. The minimum Gasteiger partial charge on any atom is -0.301 e. The maximum absolute atomic E-state index is 5.31. The van der Waals surface area contributed by atoms with Crippen LogP contribution in [0.1, 0.15) is 41.5 Å². The van der Waals surface area contributed by atoms with Gasteiger partial charge in [0.2, 0.25) is 0 Å². The SMILES string of the molecule is CON(C(C)(C)C)C(C)(C)C. The smallest absolute Gasteiger partial charge is 0.0575 e. The molecule has 0 aromatic heterocycles. The van der Waals surface area contributed by atoms with Crippen LogP contribution >= 0.6 is 0 Å². The molecule has 68 valence electrons. The van der Waals surface area contributed by atoms with E-state index in [1.807, 2.05) is 5.06 Å². The fourth-order valence-corrected chi connectivity index (χ4v) is 1.55. The molecular weight excluding hydrogens is 138 g/mol. The van der Waals surface area contributed by atoms with Crippen molar-refractivity contribution in [2.45, 2.75) is 52.6 Å². The van der Waals surface area contributed by atoms with Crippen molar-refractivity contribution in [1.29, 1.82) is 0 Å². The average molecular weight is 159 g/mol. The second-order valence-corrected chi connectivity index (χ2v) is 4.82. The van der Waals surface area contributed by atoms with Gasteiger partial charge in [-0.25, -0.2) is 0 Å². The lowest BCUT2D eigenvalue weighted by Crippen LogP contribution is -2.51. The molecule has 0 aliphatic heterocycles. The van der Waals surface area contributed by atoms with Crippen LogP contribution in [0.2, 0.25) is 0 Å². The fourth-order valence-electron chi connectivity index (χ4n) is 1.55. The Labute approximate surface area is 70.5 Å². The first kappa shape index (κ1) is 10.9. The Balaban J connectivity index is 4.43. The highest BCUT2D eigenvalue weighted by Gasteiger charge is 2.31. The highest BCUT2D eigenvalue weighted by Crippen LogP contribution is 2.23. The fraction of sp³-hybridized carbons (Fsp3) is 1.00. The van der Waals surface area contributed by atoms with E-state index in [0.717, 1.165) is 0 Å². The lowest BCUT2D eigenvalue weighted by Gasteiger charge is -2.42.